The first-order valence-electron chi connectivity index (χ1n) is 9.97. The molecule has 1 aliphatic rings. The van der Waals surface area contributed by atoms with E-state index in [1.807, 2.05) is 32.0 Å². The van der Waals surface area contributed by atoms with Crippen molar-refractivity contribution in [2.75, 3.05) is 10.6 Å². The molecule has 0 radical (unpaired) electrons. The van der Waals surface area contributed by atoms with Crippen molar-refractivity contribution in [3.05, 3.63) is 87.7 Å². The molecule has 8 heteroatoms. The minimum Gasteiger partial charge on any atom is -0.478 e. The Morgan fingerprint density at radius 2 is 1.88 bits per heavy atom. The molecule has 3 aromatic rings. The standard InChI is InChI=1S/C24H21N5O3/c1-13-4-9-19(14(2)10-13)28-23(30)20-15(3)27-22-18(11-25)12-26-29(22)21(20)16-5-7-17(8-6-16)24(31)32/h4-10,12,21,27H,1-3H3,(H,28,30)(H,31,32)/t21-/m1/s1. The largest absolute Gasteiger partial charge is 0.478 e. The van der Waals surface area contributed by atoms with Gasteiger partial charge in [-0.05, 0) is 50.1 Å². The van der Waals surface area contributed by atoms with Crippen LogP contribution in [-0.2, 0) is 4.79 Å². The summed E-state index contributed by atoms with van der Waals surface area (Å²) >= 11 is 0. The number of nitrogens with zero attached hydrogens (tertiary/aromatic N) is 3. The molecule has 3 N–H and O–H groups in total. The van der Waals surface area contributed by atoms with Crippen LogP contribution >= 0.6 is 0 Å². The summed E-state index contributed by atoms with van der Waals surface area (Å²) in [6.07, 6.45) is 1.44. The summed E-state index contributed by atoms with van der Waals surface area (Å²) in [7, 11) is 0. The molecule has 1 amide bonds. The van der Waals surface area contributed by atoms with E-state index < -0.39 is 12.0 Å². The Hall–Kier alpha value is -4.38. The maximum absolute atomic E-state index is 13.5. The number of hydrogen-bond donors (Lipinski definition) is 3. The normalized spacial score (nSPS) is 14.9. The highest BCUT2D eigenvalue weighted by atomic mass is 16.4. The van der Waals surface area contributed by atoms with Crippen molar-refractivity contribution in [1.29, 1.82) is 5.26 Å². The maximum atomic E-state index is 13.5. The van der Waals surface area contributed by atoms with Crippen LogP contribution < -0.4 is 10.6 Å². The molecular weight excluding hydrogens is 406 g/mol. The topological polar surface area (TPSA) is 120 Å². The number of aryl methyl sites for hydroxylation is 2. The Morgan fingerprint density at radius 3 is 2.50 bits per heavy atom. The molecule has 2 heterocycles. The summed E-state index contributed by atoms with van der Waals surface area (Å²) < 4.78 is 1.58. The van der Waals surface area contributed by atoms with E-state index in [2.05, 4.69) is 21.8 Å². The molecule has 8 nitrogen and oxygen atoms in total. The second-order valence-electron chi connectivity index (χ2n) is 7.73. The van der Waals surface area contributed by atoms with E-state index >= 15 is 0 Å². The predicted molar refractivity (Wildman–Crippen MR) is 119 cm³/mol. The van der Waals surface area contributed by atoms with Gasteiger partial charge in [0.15, 0.2) is 0 Å². The van der Waals surface area contributed by atoms with Gasteiger partial charge in [0.2, 0.25) is 0 Å². The second-order valence-corrected chi connectivity index (χ2v) is 7.73. The van der Waals surface area contributed by atoms with Gasteiger partial charge in [0, 0.05) is 11.4 Å². The second kappa shape index (κ2) is 8.04. The fourth-order valence-corrected chi connectivity index (χ4v) is 3.89. The lowest BCUT2D eigenvalue weighted by molar-refractivity contribution is -0.113. The van der Waals surface area contributed by atoms with E-state index in [0.29, 0.717) is 33.9 Å². The number of aromatic carboxylic acids is 1. The number of nitrogens with one attached hydrogen (secondary N) is 2. The number of hydrogen-bond acceptors (Lipinski definition) is 5. The molecule has 0 bridgehead atoms. The molecule has 0 spiro atoms. The number of carboxylic acid groups (broad SMARTS) is 1. The van der Waals surface area contributed by atoms with Crippen LogP contribution in [0.2, 0.25) is 0 Å². The van der Waals surface area contributed by atoms with Gasteiger partial charge < -0.3 is 15.7 Å². The van der Waals surface area contributed by atoms with Crippen LogP contribution in [0.4, 0.5) is 11.5 Å². The number of amides is 1. The Bertz CT molecular complexity index is 1310. The summed E-state index contributed by atoms with van der Waals surface area (Å²) in [5.74, 6) is -0.859. The molecule has 1 atom stereocenters. The van der Waals surface area contributed by atoms with Crippen LogP contribution in [0.3, 0.4) is 0 Å². The van der Waals surface area contributed by atoms with E-state index in [4.69, 9.17) is 0 Å². The van der Waals surface area contributed by atoms with Crippen molar-refractivity contribution in [2.45, 2.75) is 26.8 Å². The number of carboxylic acids is 1. The third-order valence-corrected chi connectivity index (χ3v) is 5.49. The highest BCUT2D eigenvalue weighted by Gasteiger charge is 2.34. The molecule has 4 rings (SSSR count). The van der Waals surface area contributed by atoms with Crippen LogP contribution in [0.5, 0.6) is 0 Å². The Kier molecular flexibility index (Phi) is 5.24. The molecule has 160 valence electrons. The van der Waals surface area contributed by atoms with Crippen molar-refractivity contribution in [3.63, 3.8) is 0 Å². The number of allylic oxidation sites excluding steroid dienone is 1. The number of benzene rings is 2. The SMILES string of the molecule is CC1=C(C(=O)Nc2ccc(C)cc2C)[C@@H](c2ccc(C(=O)O)cc2)n2ncc(C#N)c2N1. The third-order valence-electron chi connectivity index (χ3n) is 5.49. The van der Waals surface area contributed by atoms with E-state index in [0.717, 1.165) is 11.1 Å². The Labute approximate surface area is 184 Å². The van der Waals surface area contributed by atoms with E-state index in [1.54, 1.807) is 23.7 Å². The predicted octanol–water partition coefficient (Wildman–Crippen LogP) is 4.00. The number of carbonyl (C=O) groups excluding carboxylic acids is 1. The van der Waals surface area contributed by atoms with E-state index in [9.17, 15) is 20.0 Å². The molecule has 1 aliphatic heterocycles. The van der Waals surface area contributed by atoms with E-state index in [1.165, 1.54) is 18.3 Å². The monoisotopic (exact) mass is 427 g/mol. The number of anilines is 2. The van der Waals surface area contributed by atoms with Crippen molar-refractivity contribution < 1.29 is 14.7 Å². The molecule has 0 saturated carbocycles. The van der Waals surface area contributed by atoms with Crippen molar-refractivity contribution >= 4 is 23.4 Å². The zero-order valence-electron chi connectivity index (χ0n) is 17.8. The van der Waals surface area contributed by atoms with Gasteiger partial charge in [-0.1, -0.05) is 29.8 Å². The molecule has 1 aromatic heterocycles. The summed E-state index contributed by atoms with van der Waals surface area (Å²) in [4.78, 5) is 24.7. The van der Waals surface area contributed by atoms with Crippen LogP contribution in [0.25, 0.3) is 0 Å². The summed E-state index contributed by atoms with van der Waals surface area (Å²) in [6.45, 7) is 5.68. The maximum Gasteiger partial charge on any atom is 0.335 e. The molecule has 0 fully saturated rings. The summed E-state index contributed by atoms with van der Waals surface area (Å²) in [6, 6.07) is 13.5. The van der Waals surface area contributed by atoms with Gasteiger partial charge in [0.25, 0.3) is 5.91 Å². The first-order chi connectivity index (χ1) is 15.3. The fourth-order valence-electron chi connectivity index (χ4n) is 3.89. The number of nitriles is 1. The summed E-state index contributed by atoms with van der Waals surface area (Å²) in [5.41, 5.74) is 4.91. The van der Waals surface area contributed by atoms with Crippen molar-refractivity contribution in [1.82, 2.24) is 9.78 Å². The van der Waals surface area contributed by atoms with Gasteiger partial charge in [-0.3, -0.25) is 4.79 Å². The van der Waals surface area contributed by atoms with Crippen LogP contribution in [-0.4, -0.2) is 26.8 Å². The number of aromatic nitrogens is 2. The molecule has 2 aromatic carbocycles. The zero-order valence-corrected chi connectivity index (χ0v) is 17.8. The van der Waals surface area contributed by atoms with Gasteiger partial charge in [0.1, 0.15) is 23.5 Å². The van der Waals surface area contributed by atoms with Crippen LogP contribution in [0.15, 0.2) is 59.9 Å². The van der Waals surface area contributed by atoms with E-state index in [-0.39, 0.29) is 11.5 Å². The highest BCUT2D eigenvalue weighted by molar-refractivity contribution is 6.06. The molecular formula is C24H21N5O3. The number of carbonyl (C=O) groups is 2. The smallest absolute Gasteiger partial charge is 0.335 e. The quantitative estimate of drug-likeness (QED) is 0.579. The molecule has 0 unspecified atom stereocenters. The molecule has 0 saturated heterocycles. The van der Waals surface area contributed by atoms with Gasteiger partial charge >= 0.3 is 5.97 Å². The average Bonchev–Trinajstić information content (AvgIpc) is 3.17. The van der Waals surface area contributed by atoms with Gasteiger partial charge in [0.05, 0.1) is 17.3 Å². The Balaban J connectivity index is 1.80. The first kappa shape index (κ1) is 20.9. The Morgan fingerprint density at radius 1 is 1.16 bits per heavy atom. The summed E-state index contributed by atoms with van der Waals surface area (Å²) in [5, 5.41) is 29.1. The molecule has 32 heavy (non-hydrogen) atoms. The highest BCUT2D eigenvalue weighted by Crippen LogP contribution is 2.37. The van der Waals surface area contributed by atoms with Gasteiger partial charge in [-0.25, -0.2) is 9.48 Å². The lowest BCUT2D eigenvalue weighted by Crippen LogP contribution is -2.31. The lowest BCUT2D eigenvalue weighted by Gasteiger charge is -2.30. The van der Waals surface area contributed by atoms with Crippen LogP contribution in [0, 0.1) is 25.2 Å². The van der Waals surface area contributed by atoms with Crippen LogP contribution in [0.1, 0.15) is 45.6 Å². The third kappa shape index (κ3) is 3.61. The minimum atomic E-state index is -1.03. The fraction of sp³-hybridized carbons (Fsp3) is 0.167. The van der Waals surface area contributed by atoms with Gasteiger partial charge in [-0.2, -0.15) is 10.4 Å². The minimum absolute atomic E-state index is 0.142. The molecule has 0 aliphatic carbocycles. The first-order valence-corrected chi connectivity index (χ1v) is 9.97. The number of rotatable bonds is 4. The lowest BCUT2D eigenvalue weighted by atomic mass is 9.93. The van der Waals surface area contributed by atoms with Crippen molar-refractivity contribution in [3.8, 4) is 6.07 Å². The number of fused-ring (bicyclic) bond motifs is 1. The van der Waals surface area contributed by atoms with Crippen molar-refractivity contribution in [2.24, 2.45) is 0 Å². The van der Waals surface area contributed by atoms with Gasteiger partial charge in [-0.15, -0.1) is 0 Å². The zero-order chi connectivity index (χ0) is 23.0. The average molecular weight is 427 g/mol.